The van der Waals surface area contributed by atoms with Crippen LogP contribution in [0.15, 0.2) is 52.4 Å². The fourth-order valence-electron chi connectivity index (χ4n) is 3.08. The zero-order valence-corrected chi connectivity index (χ0v) is 17.9. The number of aryl methyl sites for hydroxylation is 1. The maximum absolute atomic E-state index is 12.9. The molecule has 2 heterocycles. The summed E-state index contributed by atoms with van der Waals surface area (Å²) in [6.45, 7) is 2.52. The van der Waals surface area contributed by atoms with Crippen LogP contribution in [0.25, 0.3) is 10.7 Å². The third-order valence-electron chi connectivity index (χ3n) is 4.66. The molecule has 3 rings (SSSR count). The molecule has 1 amide bonds. The zero-order chi connectivity index (χ0) is 21.3. The standard InChI is InChI=1S/C22H25N3O4S/c1-16(22(27)28-2)14-25(15-17-8-4-3-5-9-17)20(26)12-6-11-19-23-21(24-29-19)18-10-7-13-30-18/h3-5,7-10,13,16H,6,11-12,14-15H2,1-2H3. The maximum Gasteiger partial charge on any atom is 0.310 e. The van der Waals surface area contributed by atoms with Gasteiger partial charge in [0.15, 0.2) is 0 Å². The van der Waals surface area contributed by atoms with E-state index in [2.05, 4.69) is 10.1 Å². The predicted octanol–water partition coefficient (Wildman–Crippen LogP) is 3.96. The topological polar surface area (TPSA) is 85.5 Å². The number of esters is 1. The van der Waals surface area contributed by atoms with Gasteiger partial charge in [-0.05, 0) is 23.4 Å². The first-order chi connectivity index (χ1) is 14.6. The first-order valence-corrected chi connectivity index (χ1v) is 10.7. The summed E-state index contributed by atoms with van der Waals surface area (Å²) in [5, 5.41) is 5.95. The number of hydrogen-bond donors (Lipinski definition) is 0. The fraction of sp³-hybridized carbons (Fsp3) is 0.364. The lowest BCUT2D eigenvalue weighted by molar-refractivity contribution is -0.146. The van der Waals surface area contributed by atoms with E-state index in [0.717, 1.165) is 10.4 Å². The monoisotopic (exact) mass is 427 g/mol. The van der Waals surface area contributed by atoms with Gasteiger partial charge in [0.2, 0.25) is 17.6 Å². The van der Waals surface area contributed by atoms with Crippen molar-refractivity contribution in [2.24, 2.45) is 5.92 Å². The number of benzene rings is 1. The molecular formula is C22H25N3O4S. The molecular weight excluding hydrogens is 402 g/mol. The van der Waals surface area contributed by atoms with Crippen molar-refractivity contribution in [2.45, 2.75) is 32.7 Å². The van der Waals surface area contributed by atoms with Crippen LogP contribution in [-0.4, -0.2) is 40.6 Å². The Balaban J connectivity index is 1.57. The highest BCUT2D eigenvalue weighted by molar-refractivity contribution is 7.13. The predicted molar refractivity (Wildman–Crippen MR) is 114 cm³/mol. The third kappa shape index (κ3) is 6.00. The van der Waals surface area contributed by atoms with Crippen LogP contribution in [0.3, 0.4) is 0 Å². The van der Waals surface area contributed by atoms with Crippen LogP contribution in [0.5, 0.6) is 0 Å². The number of rotatable bonds is 10. The summed E-state index contributed by atoms with van der Waals surface area (Å²) in [4.78, 5) is 31.8. The van der Waals surface area contributed by atoms with Gasteiger partial charge in [-0.25, -0.2) is 0 Å². The second-order valence-corrected chi connectivity index (χ2v) is 7.97. The number of aromatic nitrogens is 2. The molecule has 2 aromatic heterocycles. The van der Waals surface area contributed by atoms with Crippen LogP contribution in [-0.2, 0) is 27.3 Å². The molecule has 1 atom stereocenters. The minimum atomic E-state index is -0.396. The van der Waals surface area contributed by atoms with E-state index in [1.165, 1.54) is 7.11 Å². The quantitative estimate of drug-likeness (QED) is 0.455. The highest BCUT2D eigenvalue weighted by Gasteiger charge is 2.22. The van der Waals surface area contributed by atoms with E-state index in [0.29, 0.717) is 44.1 Å². The van der Waals surface area contributed by atoms with Crippen molar-refractivity contribution in [1.82, 2.24) is 15.0 Å². The molecule has 0 aliphatic heterocycles. The molecule has 0 saturated heterocycles. The van der Waals surface area contributed by atoms with Crippen LogP contribution in [0.2, 0.25) is 0 Å². The Morgan fingerprint density at radius 3 is 2.70 bits per heavy atom. The van der Waals surface area contributed by atoms with Crippen molar-refractivity contribution in [2.75, 3.05) is 13.7 Å². The van der Waals surface area contributed by atoms with Gasteiger partial charge >= 0.3 is 5.97 Å². The number of hydrogen-bond acceptors (Lipinski definition) is 7. The van der Waals surface area contributed by atoms with E-state index in [4.69, 9.17) is 9.26 Å². The van der Waals surface area contributed by atoms with Crippen molar-refractivity contribution >= 4 is 23.2 Å². The molecule has 1 unspecified atom stereocenters. The van der Waals surface area contributed by atoms with E-state index < -0.39 is 5.92 Å². The molecule has 158 valence electrons. The minimum absolute atomic E-state index is 0.0207. The summed E-state index contributed by atoms with van der Waals surface area (Å²) in [5.74, 6) is 0.347. The Hall–Kier alpha value is -3.00. The van der Waals surface area contributed by atoms with Crippen LogP contribution >= 0.6 is 11.3 Å². The number of carbonyl (C=O) groups is 2. The molecule has 0 spiro atoms. The van der Waals surface area contributed by atoms with Gasteiger partial charge in [-0.3, -0.25) is 9.59 Å². The summed E-state index contributed by atoms with van der Waals surface area (Å²) >= 11 is 1.55. The number of ether oxygens (including phenoxy) is 1. The third-order valence-corrected chi connectivity index (χ3v) is 5.52. The van der Waals surface area contributed by atoms with Crippen LogP contribution in [0, 0.1) is 5.92 Å². The molecule has 7 nitrogen and oxygen atoms in total. The molecule has 0 aliphatic rings. The number of thiophene rings is 1. The smallest absolute Gasteiger partial charge is 0.310 e. The lowest BCUT2D eigenvalue weighted by Gasteiger charge is -2.25. The molecule has 30 heavy (non-hydrogen) atoms. The largest absolute Gasteiger partial charge is 0.469 e. The molecule has 0 N–H and O–H groups in total. The van der Waals surface area contributed by atoms with Crippen LogP contribution < -0.4 is 0 Å². The summed E-state index contributed by atoms with van der Waals surface area (Å²) < 4.78 is 10.1. The van der Waals surface area contributed by atoms with Gasteiger partial charge in [-0.2, -0.15) is 4.98 Å². The summed E-state index contributed by atoms with van der Waals surface area (Å²) in [5.41, 5.74) is 1.01. The van der Waals surface area contributed by atoms with E-state index in [1.807, 2.05) is 47.8 Å². The highest BCUT2D eigenvalue weighted by Crippen LogP contribution is 2.21. The summed E-state index contributed by atoms with van der Waals surface area (Å²) in [6.07, 6.45) is 1.44. The molecule has 1 aromatic carbocycles. The minimum Gasteiger partial charge on any atom is -0.469 e. The van der Waals surface area contributed by atoms with Gasteiger partial charge < -0.3 is 14.2 Å². The van der Waals surface area contributed by atoms with E-state index in [-0.39, 0.29) is 11.9 Å². The Kier molecular flexibility index (Phi) is 7.73. The summed E-state index contributed by atoms with van der Waals surface area (Å²) in [6, 6.07) is 13.6. The number of carbonyl (C=O) groups excluding carboxylic acids is 2. The van der Waals surface area contributed by atoms with E-state index >= 15 is 0 Å². The Morgan fingerprint density at radius 1 is 1.20 bits per heavy atom. The number of amides is 1. The van der Waals surface area contributed by atoms with Gasteiger partial charge in [0.25, 0.3) is 0 Å². The maximum atomic E-state index is 12.9. The molecule has 3 aromatic rings. The molecule has 0 bridgehead atoms. The van der Waals surface area contributed by atoms with Crippen molar-refractivity contribution in [3.8, 4) is 10.7 Å². The SMILES string of the molecule is COC(=O)C(C)CN(Cc1ccccc1)C(=O)CCCc1nc(-c2cccs2)no1. The molecule has 0 saturated carbocycles. The first kappa shape index (κ1) is 21.7. The first-order valence-electron chi connectivity index (χ1n) is 9.82. The van der Waals surface area contributed by atoms with Crippen molar-refractivity contribution in [3.63, 3.8) is 0 Å². The lowest BCUT2D eigenvalue weighted by Crippen LogP contribution is -2.36. The molecule has 0 radical (unpaired) electrons. The second kappa shape index (κ2) is 10.7. The molecule has 0 fully saturated rings. The van der Waals surface area contributed by atoms with Gasteiger partial charge in [-0.1, -0.05) is 48.5 Å². The van der Waals surface area contributed by atoms with Gasteiger partial charge in [0.05, 0.1) is 17.9 Å². The zero-order valence-electron chi connectivity index (χ0n) is 17.1. The number of methoxy groups -OCH3 is 1. The van der Waals surface area contributed by atoms with E-state index in [1.54, 1.807) is 23.2 Å². The van der Waals surface area contributed by atoms with Crippen molar-refractivity contribution in [3.05, 3.63) is 59.3 Å². The van der Waals surface area contributed by atoms with Crippen LogP contribution in [0.4, 0.5) is 0 Å². The molecule has 0 aliphatic carbocycles. The lowest BCUT2D eigenvalue weighted by atomic mass is 10.1. The van der Waals surface area contributed by atoms with Crippen LogP contribution in [0.1, 0.15) is 31.2 Å². The van der Waals surface area contributed by atoms with Gasteiger partial charge in [-0.15, -0.1) is 11.3 Å². The van der Waals surface area contributed by atoms with Crippen molar-refractivity contribution in [1.29, 1.82) is 0 Å². The van der Waals surface area contributed by atoms with Crippen molar-refractivity contribution < 1.29 is 18.8 Å². The normalized spacial score (nSPS) is 11.8. The Bertz CT molecular complexity index is 940. The van der Waals surface area contributed by atoms with Gasteiger partial charge in [0, 0.05) is 25.9 Å². The average molecular weight is 428 g/mol. The Labute approximate surface area is 179 Å². The fourth-order valence-corrected chi connectivity index (χ4v) is 3.73. The second-order valence-electron chi connectivity index (χ2n) is 7.03. The highest BCUT2D eigenvalue weighted by atomic mass is 32.1. The van der Waals surface area contributed by atoms with Gasteiger partial charge in [0.1, 0.15) is 0 Å². The molecule has 8 heteroatoms. The Morgan fingerprint density at radius 2 is 2.00 bits per heavy atom. The number of nitrogens with zero attached hydrogens (tertiary/aromatic N) is 3. The average Bonchev–Trinajstić information content (AvgIpc) is 3.45. The summed E-state index contributed by atoms with van der Waals surface area (Å²) in [7, 11) is 1.36. The van der Waals surface area contributed by atoms with E-state index in [9.17, 15) is 9.59 Å².